The van der Waals surface area contributed by atoms with E-state index in [1.165, 1.54) is 57.4 Å². The van der Waals surface area contributed by atoms with E-state index in [2.05, 4.69) is 18.1 Å². The van der Waals surface area contributed by atoms with Crippen LogP contribution in [0.4, 0.5) is 0 Å². The molecule has 0 spiro atoms. The Morgan fingerprint density at radius 3 is 2.44 bits per heavy atom. The Labute approximate surface area is 105 Å². The lowest BCUT2D eigenvalue weighted by molar-refractivity contribution is 0.150. The van der Waals surface area contributed by atoms with Gasteiger partial charge in [0.05, 0.1) is 0 Å². The van der Waals surface area contributed by atoms with E-state index in [1.54, 1.807) is 0 Å². The van der Waals surface area contributed by atoms with Crippen LogP contribution in [0.2, 0.25) is 0 Å². The van der Waals surface area contributed by atoms with Crippen LogP contribution in [0.5, 0.6) is 0 Å². The summed E-state index contributed by atoms with van der Waals surface area (Å²) in [6.45, 7) is 4.85. The molecular formula is C13H28N2S. The van der Waals surface area contributed by atoms with Gasteiger partial charge < -0.3 is 10.6 Å². The van der Waals surface area contributed by atoms with Crippen LogP contribution >= 0.6 is 11.8 Å². The molecule has 1 saturated carbocycles. The lowest BCUT2D eigenvalue weighted by Crippen LogP contribution is -2.41. The molecule has 0 saturated heterocycles. The third kappa shape index (κ3) is 5.07. The van der Waals surface area contributed by atoms with Gasteiger partial charge >= 0.3 is 0 Å². The van der Waals surface area contributed by atoms with Crippen molar-refractivity contribution in [3.8, 4) is 0 Å². The highest BCUT2D eigenvalue weighted by atomic mass is 32.2. The van der Waals surface area contributed by atoms with E-state index in [0.717, 1.165) is 6.04 Å². The fourth-order valence-electron chi connectivity index (χ4n) is 2.64. The highest BCUT2D eigenvalue weighted by Gasteiger charge is 2.23. The van der Waals surface area contributed by atoms with E-state index in [-0.39, 0.29) is 0 Å². The summed E-state index contributed by atoms with van der Waals surface area (Å²) in [5.41, 5.74) is 5.97. The summed E-state index contributed by atoms with van der Waals surface area (Å²) >= 11 is 1.96. The molecule has 0 amide bonds. The Morgan fingerprint density at radius 1 is 1.19 bits per heavy atom. The van der Waals surface area contributed by atoms with Crippen molar-refractivity contribution in [2.45, 2.75) is 57.5 Å². The summed E-state index contributed by atoms with van der Waals surface area (Å²) in [6.07, 6.45) is 9.91. The van der Waals surface area contributed by atoms with Crippen molar-refractivity contribution >= 4 is 11.8 Å². The summed E-state index contributed by atoms with van der Waals surface area (Å²) in [5.74, 6) is 1.30. The third-order valence-corrected chi connectivity index (χ3v) is 4.26. The first-order chi connectivity index (χ1) is 7.77. The minimum Gasteiger partial charge on any atom is -0.328 e. The van der Waals surface area contributed by atoms with E-state index in [0.29, 0.717) is 6.04 Å². The van der Waals surface area contributed by atoms with Gasteiger partial charge in [0.2, 0.25) is 0 Å². The number of nitrogens with two attached hydrogens (primary N) is 1. The van der Waals surface area contributed by atoms with Crippen LogP contribution in [0.3, 0.4) is 0 Å². The molecule has 2 nitrogen and oxygen atoms in total. The molecule has 0 bridgehead atoms. The van der Waals surface area contributed by atoms with E-state index in [1.807, 2.05) is 11.8 Å². The zero-order chi connectivity index (χ0) is 11.8. The van der Waals surface area contributed by atoms with Gasteiger partial charge in [0.15, 0.2) is 0 Å². The standard InChI is InChI=1S/C13H28N2S/c1-3-9-15(10-4-11-16-2)13-7-5-12(14)6-8-13/h12-13H,3-11,14H2,1-2H3. The smallest absolute Gasteiger partial charge is 0.00964 e. The molecule has 0 aromatic heterocycles. The molecule has 0 atom stereocenters. The van der Waals surface area contributed by atoms with Crippen molar-refractivity contribution in [3.63, 3.8) is 0 Å². The Hall–Kier alpha value is 0.270. The second-order valence-electron chi connectivity index (χ2n) is 4.95. The van der Waals surface area contributed by atoms with Crippen LogP contribution in [-0.4, -0.2) is 42.1 Å². The number of hydrogen-bond acceptors (Lipinski definition) is 3. The minimum atomic E-state index is 0.478. The topological polar surface area (TPSA) is 29.3 Å². The van der Waals surface area contributed by atoms with Crippen LogP contribution in [0.1, 0.15) is 45.4 Å². The van der Waals surface area contributed by atoms with Gasteiger partial charge in [0, 0.05) is 12.1 Å². The van der Waals surface area contributed by atoms with Crippen molar-refractivity contribution in [2.24, 2.45) is 5.73 Å². The van der Waals surface area contributed by atoms with Crippen LogP contribution in [-0.2, 0) is 0 Å². The van der Waals surface area contributed by atoms with Crippen LogP contribution < -0.4 is 5.73 Å². The molecule has 0 radical (unpaired) electrons. The van der Waals surface area contributed by atoms with Gasteiger partial charge in [0.25, 0.3) is 0 Å². The summed E-state index contributed by atoms with van der Waals surface area (Å²) in [5, 5.41) is 0. The molecule has 3 heteroatoms. The van der Waals surface area contributed by atoms with Gasteiger partial charge in [-0.25, -0.2) is 0 Å². The highest BCUT2D eigenvalue weighted by molar-refractivity contribution is 7.98. The van der Waals surface area contributed by atoms with Gasteiger partial charge in [-0.1, -0.05) is 6.92 Å². The predicted octanol–water partition coefficient (Wildman–Crippen LogP) is 2.72. The second kappa shape index (κ2) is 8.37. The zero-order valence-electron chi connectivity index (χ0n) is 11.0. The number of thioether (sulfide) groups is 1. The number of rotatable bonds is 7. The molecule has 0 aromatic rings. The predicted molar refractivity (Wildman–Crippen MR) is 75.1 cm³/mol. The van der Waals surface area contributed by atoms with E-state index < -0.39 is 0 Å². The van der Waals surface area contributed by atoms with Crippen molar-refractivity contribution < 1.29 is 0 Å². The monoisotopic (exact) mass is 244 g/mol. The summed E-state index contributed by atoms with van der Waals surface area (Å²) in [4.78, 5) is 2.71. The first kappa shape index (κ1) is 14.3. The first-order valence-corrected chi connectivity index (χ1v) is 8.15. The molecule has 1 rings (SSSR count). The largest absolute Gasteiger partial charge is 0.328 e. The molecule has 0 aliphatic heterocycles. The summed E-state index contributed by atoms with van der Waals surface area (Å²) < 4.78 is 0. The summed E-state index contributed by atoms with van der Waals surface area (Å²) in [7, 11) is 0. The minimum absolute atomic E-state index is 0.478. The Kier molecular flexibility index (Phi) is 7.50. The third-order valence-electron chi connectivity index (χ3n) is 3.56. The Balaban J connectivity index is 2.30. The second-order valence-corrected chi connectivity index (χ2v) is 5.94. The van der Waals surface area contributed by atoms with E-state index in [9.17, 15) is 0 Å². The Morgan fingerprint density at radius 2 is 1.88 bits per heavy atom. The van der Waals surface area contributed by atoms with Gasteiger partial charge in [-0.2, -0.15) is 11.8 Å². The lowest BCUT2D eigenvalue weighted by atomic mass is 9.90. The molecule has 0 aromatic carbocycles. The average Bonchev–Trinajstić information content (AvgIpc) is 2.29. The fraction of sp³-hybridized carbons (Fsp3) is 1.00. The number of nitrogens with zero attached hydrogens (tertiary/aromatic N) is 1. The maximum atomic E-state index is 5.97. The van der Waals surface area contributed by atoms with Crippen LogP contribution in [0.15, 0.2) is 0 Å². The molecule has 1 aliphatic carbocycles. The molecule has 0 heterocycles. The maximum absolute atomic E-state index is 5.97. The molecule has 1 aliphatic rings. The molecular weight excluding hydrogens is 216 g/mol. The van der Waals surface area contributed by atoms with Crippen molar-refractivity contribution in [2.75, 3.05) is 25.1 Å². The molecule has 16 heavy (non-hydrogen) atoms. The maximum Gasteiger partial charge on any atom is 0.00964 e. The molecule has 96 valence electrons. The number of hydrogen-bond donors (Lipinski definition) is 1. The molecule has 1 fully saturated rings. The first-order valence-electron chi connectivity index (χ1n) is 6.76. The van der Waals surface area contributed by atoms with Gasteiger partial charge in [-0.05, 0) is 63.6 Å². The van der Waals surface area contributed by atoms with Gasteiger partial charge in [-0.3, -0.25) is 0 Å². The van der Waals surface area contributed by atoms with Crippen LogP contribution in [0, 0.1) is 0 Å². The van der Waals surface area contributed by atoms with E-state index in [4.69, 9.17) is 5.73 Å². The van der Waals surface area contributed by atoms with Crippen LogP contribution in [0.25, 0.3) is 0 Å². The summed E-state index contributed by atoms with van der Waals surface area (Å²) in [6, 6.07) is 1.30. The van der Waals surface area contributed by atoms with E-state index >= 15 is 0 Å². The lowest BCUT2D eigenvalue weighted by Gasteiger charge is -2.36. The quantitative estimate of drug-likeness (QED) is 0.698. The molecule has 2 N–H and O–H groups in total. The Bertz CT molecular complexity index is 167. The SMILES string of the molecule is CCCN(CCCSC)C1CCC(N)CC1. The van der Waals surface area contributed by atoms with Gasteiger partial charge in [-0.15, -0.1) is 0 Å². The van der Waals surface area contributed by atoms with Crippen molar-refractivity contribution in [3.05, 3.63) is 0 Å². The van der Waals surface area contributed by atoms with Gasteiger partial charge in [0.1, 0.15) is 0 Å². The highest BCUT2D eigenvalue weighted by Crippen LogP contribution is 2.22. The fourth-order valence-corrected chi connectivity index (χ4v) is 3.06. The van der Waals surface area contributed by atoms with Crippen molar-refractivity contribution in [1.82, 2.24) is 4.90 Å². The normalized spacial score (nSPS) is 26.2. The average molecular weight is 244 g/mol. The molecule has 0 unspecified atom stereocenters. The van der Waals surface area contributed by atoms with Crippen molar-refractivity contribution in [1.29, 1.82) is 0 Å². The zero-order valence-corrected chi connectivity index (χ0v) is 11.8.